The summed E-state index contributed by atoms with van der Waals surface area (Å²) in [6.07, 6.45) is 7.91. The number of aromatic nitrogens is 1. The Bertz CT molecular complexity index is 1140. The molecule has 2 aromatic rings. The van der Waals surface area contributed by atoms with Gasteiger partial charge in [-0.25, -0.2) is 0 Å². The smallest absolute Gasteiger partial charge is 0.223 e. The number of ether oxygens (including phenoxy) is 2. The fourth-order valence-corrected chi connectivity index (χ4v) is 6.85. The third-order valence-corrected chi connectivity index (χ3v) is 8.57. The molecule has 2 fully saturated rings. The highest BCUT2D eigenvalue weighted by Crippen LogP contribution is 2.37. The minimum atomic E-state index is 0.0902. The molecule has 3 atom stereocenters. The van der Waals surface area contributed by atoms with E-state index >= 15 is 0 Å². The first-order chi connectivity index (χ1) is 19.0. The summed E-state index contributed by atoms with van der Waals surface area (Å²) in [6, 6.07) is 10.4. The summed E-state index contributed by atoms with van der Waals surface area (Å²) in [5.74, 6) is 2.63. The maximum Gasteiger partial charge on any atom is 0.223 e. The number of nitrogens with zero attached hydrogens (tertiary/aromatic N) is 3. The first-order valence-corrected chi connectivity index (χ1v) is 14.5. The number of carbonyl (C=O) groups is 2. The predicted molar refractivity (Wildman–Crippen MR) is 150 cm³/mol. The van der Waals surface area contributed by atoms with Crippen molar-refractivity contribution < 1.29 is 19.1 Å². The summed E-state index contributed by atoms with van der Waals surface area (Å²) in [5.41, 5.74) is 3.23. The Morgan fingerprint density at radius 3 is 2.69 bits per heavy atom. The van der Waals surface area contributed by atoms with Gasteiger partial charge in [-0.3, -0.25) is 19.5 Å². The van der Waals surface area contributed by atoms with Crippen LogP contribution in [0.2, 0.25) is 0 Å². The Hall–Kier alpha value is -3.13. The summed E-state index contributed by atoms with van der Waals surface area (Å²) in [6.45, 7) is 4.23. The molecule has 2 saturated heterocycles. The van der Waals surface area contributed by atoms with E-state index in [9.17, 15) is 9.59 Å². The van der Waals surface area contributed by atoms with Crippen molar-refractivity contribution in [2.75, 3.05) is 40.4 Å². The highest BCUT2D eigenvalue weighted by atomic mass is 16.5. The van der Waals surface area contributed by atoms with Crippen molar-refractivity contribution in [3.63, 3.8) is 0 Å². The lowest BCUT2D eigenvalue weighted by Crippen LogP contribution is -2.59. The molecule has 1 aromatic carbocycles. The molecule has 210 valence electrons. The molecule has 8 nitrogen and oxygen atoms in total. The predicted octanol–water partition coefficient (Wildman–Crippen LogP) is 3.61. The van der Waals surface area contributed by atoms with Crippen molar-refractivity contribution in [1.82, 2.24) is 20.1 Å². The number of piperidine rings is 2. The lowest BCUT2D eigenvalue weighted by Gasteiger charge is -2.51. The van der Waals surface area contributed by atoms with E-state index in [4.69, 9.17) is 9.47 Å². The van der Waals surface area contributed by atoms with E-state index in [0.29, 0.717) is 43.4 Å². The lowest BCUT2D eigenvalue weighted by atomic mass is 9.77. The molecule has 1 N–H and O–H groups in total. The number of pyridine rings is 1. The topological polar surface area (TPSA) is 84.0 Å². The quantitative estimate of drug-likeness (QED) is 0.645. The number of nitrogens with one attached hydrogen (secondary N) is 1. The maximum atomic E-state index is 13.7. The van der Waals surface area contributed by atoms with Crippen LogP contribution in [0.3, 0.4) is 0 Å². The second-order valence-electron chi connectivity index (χ2n) is 11.3. The van der Waals surface area contributed by atoms with E-state index in [2.05, 4.69) is 32.2 Å². The summed E-state index contributed by atoms with van der Waals surface area (Å²) in [5, 5.41) is 3.09. The van der Waals surface area contributed by atoms with Crippen LogP contribution in [0, 0.1) is 11.8 Å². The van der Waals surface area contributed by atoms with Crippen molar-refractivity contribution >= 4 is 11.8 Å². The molecule has 39 heavy (non-hydrogen) atoms. The van der Waals surface area contributed by atoms with Gasteiger partial charge in [0.25, 0.3) is 0 Å². The van der Waals surface area contributed by atoms with Crippen LogP contribution in [0.5, 0.6) is 11.5 Å². The molecule has 2 amide bonds. The van der Waals surface area contributed by atoms with Gasteiger partial charge in [-0.15, -0.1) is 0 Å². The van der Waals surface area contributed by atoms with Crippen molar-refractivity contribution in [3.8, 4) is 11.5 Å². The Morgan fingerprint density at radius 2 is 1.90 bits per heavy atom. The van der Waals surface area contributed by atoms with Crippen LogP contribution in [-0.2, 0) is 29.0 Å². The van der Waals surface area contributed by atoms with E-state index < -0.39 is 0 Å². The molecule has 0 unspecified atom stereocenters. The average Bonchev–Trinajstić information content (AvgIpc) is 2.94. The molecule has 0 radical (unpaired) electrons. The number of fused-ring (bicyclic) bond motifs is 6. The number of hydrogen-bond acceptors (Lipinski definition) is 6. The molecule has 4 heterocycles. The molecule has 0 aliphatic carbocycles. The van der Waals surface area contributed by atoms with Crippen molar-refractivity contribution in [3.05, 3.63) is 53.3 Å². The van der Waals surface area contributed by atoms with Crippen molar-refractivity contribution in [1.29, 1.82) is 0 Å². The number of likely N-dealkylation sites (tertiary alicyclic amines) is 1. The summed E-state index contributed by atoms with van der Waals surface area (Å²) < 4.78 is 11.3. The van der Waals surface area contributed by atoms with Crippen LogP contribution in [0.1, 0.15) is 55.3 Å². The van der Waals surface area contributed by atoms with Gasteiger partial charge in [-0.1, -0.05) is 12.1 Å². The van der Waals surface area contributed by atoms with Gasteiger partial charge in [0.2, 0.25) is 11.8 Å². The van der Waals surface area contributed by atoms with Crippen LogP contribution < -0.4 is 14.8 Å². The third kappa shape index (κ3) is 6.72. The Morgan fingerprint density at radius 1 is 1.00 bits per heavy atom. The summed E-state index contributed by atoms with van der Waals surface area (Å²) >= 11 is 0. The fraction of sp³-hybridized carbons (Fsp3) is 0.581. The van der Waals surface area contributed by atoms with Gasteiger partial charge in [0, 0.05) is 57.8 Å². The Kier molecular flexibility index (Phi) is 9.02. The molecule has 1 aromatic heterocycles. The van der Waals surface area contributed by atoms with E-state index in [1.165, 1.54) is 0 Å². The number of rotatable bonds is 4. The van der Waals surface area contributed by atoms with Crippen LogP contribution in [-0.4, -0.2) is 73.0 Å². The monoisotopic (exact) mass is 534 g/mol. The molecule has 0 spiro atoms. The number of benzene rings is 1. The Balaban J connectivity index is 1.35. The first-order valence-electron chi connectivity index (χ1n) is 14.5. The normalized spacial score (nSPS) is 25.0. The first kappa shape index (κ1) is 27.4. The minimum Gasteiger partial charge on any atom is -0.493 e. The van der Waals surface area contributed by atoms with E-state index in [1.807, 2.05) is 24.4 Å². The number of aryl methyl sites for hydroxylation is 2. The minimum absolute atomic E-state index is 0.0902. The third-order valence-electron chi connectivity index (χ3n) is 8.57. The van der Waals surface area contributed by atoms with Gasteiger partial charge >= 0.3 is 0 Å². The number of amides is 2. The van der Waals surface area contributed by atoms with Crippen molar-refractivity contribution in [2.45, 2.75) is 64.0 Å². The number of methoxy groups -OCH3 is 2. The zero-order chi connectivity index (χ0) is 27.2. The van der Waals surface area contributed by atoms with Gasteiger partial charge in [0.05, 0.1) is 19.9 Å². The van der Waals surface area contributed by atoms with Crippen LogP contribution >= 0.6 is 0 Å². The van der Waals surface area contributed by atoms with E-state index in [-0.39, 0.29) is 17.9 Å². The van der Waals surface area contributed by atoms with Gasteiger partial charge in [0.1, 0.15) is 0 Å². The molecule has 8 heteroatoms. The molecule has 4 bridgehead atoms. The molecular weight excluding hydrogens is 492 g/mol. The summed E-state index contributed by atoms with van der Waals surface area (Å²) in [7, 11) is 3.31. The zero-order valence-corrected chi connectivity index (χ0v) is 23.4. The molecule has 3 aliphatic heterocycles. The van der Waals surface area contributed by atoms with Crippen molar-refractivity contribution in [2.24, 2.45) is 11.8 Å². The van der Waals surface area contributed by atoms with E-state index in [0.717, 1.165) is 80.9 Å². The maximum absolute atomic E-state index is 13.7. The Labute approximate surface area is 232 Å². The largest absolute Gasteiger partial charge is 0.493 e. The second-order valence-corrected chi connectivity index (χ2v) is 11.3. The average molecular weight is 535 g/mol. The van der Waals surface area contributed by atoms with Crippen LogP contribution in [0.15, 0.2) is 36.5 Å². The molecular formula is C31H42N4O4. The molecule has 3 aliphatic rings. The van der Waals surface area contributed by atoms with Gasteiger partial charge in [0.15, 0.2) is 11.5 Å². The highest BCUT2D eigenvalue weighted by Gasteiger charge is 2.42. The van der Waals surface area contributed by atoms with Gasteiger partial charge < -0.3 is 19.7 Å². The second kappa shape index (κ2) is 12.8. The van der Waals surface area contributed by atoms with Crippen LogP contribution in [0.25, 0.3) is 0 Å². The summed E-state index contributed by atoms with van der Waals surface area (Å²) in [4.78, 5) is 35.6. The molecule has 0 saturated carbocycles. The van der Waals surface area contributed by atoms with Gasteiger partial charge in [-0.05, 0) is 79.7 Å². The molecule has 5 rings (SSSR count). The fourth-order valence-electron chi connectivity index (χ4n) is 6.85. The van der Waals surface area contributed by atoms with Gasteiger partial charge in [-0.2, -0.15) is 0 Å². The SMILES string of the molecule is COc1cc2cc(c1OC)CCCNC(=O)CCC[C@H]1[C@H]3C[C@@H](CN(Cc4ccccn4)C3)CN1C(=O)CC2. The zero-order valence-electron chi connectivity index (χ0n) is 23.4. The number of carbonyl (C=O) groups excluding carboxylic acids is 2. The highest BCUT2D eigenvalue weighted by molar-refractivity contribution is 5.77. The van der Waals surface area contributed by atoms with Crippen LogP contribution in [0.4, 0.5) is 0 Å². The lowest BCUT2D eigenvalue weighted by molar-refractivity contribution is -0.141. The standard InChI is InChI=1S/C31H42N4O4/c1-38-28-17-22-11-12-30(37)35-19-23-16-25(20-34(18-23)21-26-8-3-4-13-32-26)27(35)9-5-10-29(36)33-14-6-7-24(15-22)31(28)39-2/h3-4,8,13,15,17,23,25,27H,5-7,9-12,14,16,18-21H2,1-2H3,(H,33,36)/t23-,25-,27-/m0/s1. The number of hydrogen-bond donors (Lipinski definition) is 1. The van der Waals surface area contributed by atoms with E-state index in [1.54, 1.807) is 14.2 Å².